The van der Waals surface area contributed by atoms with Crippen LogP contribution in [0.1, 0.15) is 5.56 Å². The lowest BCUT2D eigenvalue weighted by molar-refractivity contribution is 0.581. The van der Waals surface area contributed by atoms with Crippen LogP contribution in [-0.4, -0.2) is 17.6 Å². The zero-order valence-corrected chi connectivity index (χ0v) is 17.5. The van der Waals surface area contributed by atoms with Crippen LogP contribution in [0.3, 0.4) is 0 Å². The molecular weight excluding hydrogens is 436 g/mol. The first kappa shape index (κ1) is 18.7. The number of benzene rings is 3. The van der Waals surface area contributed by atoms with Gasteiger partial charge in [-0.3, -0.25) is 0 Å². The van der Waals surface area contributed by atoms with Gasteiger partial charge in [-0.2, -0.15) is 17.6 Å². The number of aromatic nitrogens is 2. The highest BCUT2D eigenvalue weighted by Gasteiger charge is 2.24. The van der Waals surface area contributed by atoms with Gasteiger partial charge in [-0.25, -0.2) is 0 Å². The summed E-state index contributed by atoms with van der Waals surface area (Å²) in [6, 6.07) is 25.6. The first-order valence-corrected chi connectivity index (χ1v) is 10.9. The summed E-state index contributed by atoms with van der Waals surface area (Å²) in [5.74, 6) is 0. The van der Waals surface area contributed by atoms with Crippen molar-refractivity contribution in [3.8, 4) is 22.5 Å². The fourth-order valence-electron chi connectivity index (χ4n) is 2.92. The van der Waals surface area contributed by atoms with Crippen LogP contribution in [0.4, 0.5) is 0 Å². The van der Waals surface area contributed by atoms with Crippen molar-refractivity contribution >= 4 is 26.0 Å². The Hall–Kier alpha value is -2.70. The van der Waals surface area contributed by atoms with Gasteiger partial charge >= 0.3 is 0 Å². The van der Waals surface area contributed by atoms with Crippen molar-refractivity contribution in [2.45, 2.75) is 11.8 Å². The Bertz CT molecular complexity index is 1210. The third kappa shape index (κ3) is 3.53. The molecular formula is C22H17BrN2O2S. The van der Waals surface area contributed by atoms with Gasteiger partial charge in [0.1, 0.15) is 0 Å². The second-order valence-electron chi connectivity index (χ2n) is 6.45. The molecule has 0 amide bonds. The van der Waals surface area contributed by atoms with Gasteiger partial charge in [0.05, 0.1) is 16.3 Å². The molecule has 0 N–H and O–H groups in total. The molecule has 0 saturated carbocycles. The topological polar surface area (TPSA) is 52.0 Å². The van der Waals surface area contributed by atoms with E-state index in [-0.39, 0.29) is 4.90 Å². The van der Waals surface area contributed by atoms with Crippen molar-refractivity contribution in [2.24, 2.45) is 0 Å². The average molecular weight is 453 g/mol. The summed E-state index contributed by atoms with van der Waals surface area (Å²) in [4.78, 5) is 0.209. The van der Waals surface area contributed by atoms with E-state index >= 15 is 0 Å². The van der Waals surface area contributed by atoms with Crippen molar-refractivity contribution in [1.82, 2.24) is 9.19 Å². The minimum absolute atomic E-state index is 0.209. The molecule has 3 aromatic carbocycles. The van der Waals surface area contributed by atoms with Crippen molar-refractivity contribution in [2.75, 3.05) is 0 Å². The molecule has 4 aromatic rings. The molecule has 140 valence electrons. The second-order valence-corrected chi connectivity index (χ2v) is 9.13. The van der Waals surface area contributed by atoms with E-state index in [1.54, 1.807) is 24.3 Å². The summed E-state index contributed by atoms with van der Waals surface area (Å²) in [5.41, 5.74) is 3.76. The largest absolute Gasteiger partial charge is 0.283 e. The fourth-order valence-corrected chi connectivity index (χ4v) is 4.48. The van der Waals surface area contributed by atoms with Crippen molar-refractivity contribution in [3.05, 3.63) is 95.0 Å². The van der Waals surface area contributed by atoms with Crippen LogP contribution >= 0.6 is 15.9 Å². The Labute approximate surface area is 172 Å². The van der Waals surface area contributed by atoms with Gasteiger partial charge < -0.3 is 0 Å². The van der Waals surface area contributed by atoms with E-state index in [4.69, 9.17) is 0 Å². The summed E-state index contributed by atoms with van der Waals surface area (Å²) in [5, 5.41) is 4.47. The van der Waals surface area contributed by atoms with Gasteiger partial charge in [0, 0.05) is 15.6 Å². The Balaban J connectivity index is 1.92. The zero-order valence-electron chi connectivity index (χ0n) is 15.1. The number of hydrogen-bond acceptors (Lipinski definition) is 3. The second kappa shape index (κ2) is 7.37. The molecule has 1 aromatic heterocycles. The quantitative estimate of drug-likeness (QED) is 0.409. The molecule has 0 aliphatic rings. The normalized spacial score (nSPS) is 11.5. The molecule has 0 atom stereocenters. The predicted molar refractivity (Wildman–Crippen MR) is 115 cm³/mol. The van der Waals surface area contributed by atoms with E-state index in [2.05, 4.69) is 21.0 Å². The van der Waals surface area contributed by atoms with Crippen LogP contribution in [0.25, 0.3) is 22.5 Å². The molecule has 0 bridgehead atoms. The summed E-state index contributed by atoms with van der Waals surface area (Å²) >= 11 is 3.42. The molecule has 0 saturated heterocycles. The number of halogens is 1. The summed E-state index contributed by atoms with van der Waals surface area (Å²) in [6.45, 7) is 1.92. The number of hydrogen-bond donors (Lipinski definition) is 0. The van der Waals surface area contributed by atoms with Crippen LogP contribution in [-0.2, 0) is 10.0 Å². The molecule has 0 fully saturated rings. The average Bonchev–Trinajstić information content (AvgIpc) is 3.16. The van der Waals surface area contributed by atoms with Gasteiger partial charge in [-0.15, -0.1) is 0 Å². The van der Waals surface area contributed by atoms with Crippen LogP contribution in [0.5, 0.6) is 0 Å². The van der Waals surface area contributed by atoms with Crippen LogP contribution in [0, 0.1) is 6.92 Å². The highest BCUT2D eigenvalue weighted by Crippen LogP contribution is 2.30. The molecule has 4 rings (SSSR count). The Kier molecular flexibility index (Phi) is 4.91. The Morgan fingerprint density at radius 1 is 0.821 bits per heavy atom. The number of rotatable bonds is 4. The van der Waals surface area contributed by atoms with E-state index in [0.29, 0.717) is 11.4 Å². The first-order chi connectivity index (χ1) is 13.4. The molecule has 28 heavy (non-hydrogen) atoms. The number of aryl methyl sites for hydroxylation is 1. The summed E-state index contributed by atoms with van der Waals surface area (Å²) in [7, 11) is -3.83. The fraction of sp³-hybridized carbons (Fsp3) is 0.0455. The van der Waals surface area contributed by atoms with Crippen molar-refractivity contribution in [3.63, 3.8) is 0 Å². The van der Waals surface area contributed by atoms with Crippen molar-refractivity contribution in [1.29, 1.82) is 0 Å². The monoisotopic (exact) mass is 452 g/mol. The van der Waals surface area contributed by atoms with Gasteiger partial charge in [0.25, 0.3) is 10.0 Å². The molecule has 6 heteroatoms. The number of nitrogens with zero attached hydrogens (tertiary/aromatic N) is 2. The smallest absolute Gasteiger partial charge is 0.199 e. The van der Waals surface area contributed by atoms with E-state index < -0.39 is 10.0 Å². The SMILES string of the molecule is Cc1ccc(S(=O)(=O)n2nc(-c3ccc(Br)cc3)cc2-c2ccccc2)cc1. The maximum absolute atomic E-state index is 13.3. The third-order valence-corrected chi connectivity index (χ3v) is 6.56. The van der Waals surface area contributed by atoms with E-state index in [9.17, 15) is 8.42 Å². The van der Waals surface area contributed by atoms with Gasteiger partial charge in [-0.1, -0.05) is 76.1 Å². The van der Waals surface area contributed by atoms with Crippen LogP contribution in [0.15, 0.2) is 94.3 Å². The maximum Gasteiger partial charge on any atom is 0.283 e. The summed E-state index contributed by atoms with van der Waals surface area (Å²) < 4.78 is 28.7. The lowest BCUT2D eigenvalue weighted by Gasteiger charge is -2.09. The molecule has 0 unspecified atom stereocenters. The van der Waals surface area contributed by atoms with E-state index in [1.165, 1.54) is 0 Å². The van der Waals surface area contributed by atoms with Crippen LogP contribution < -0.4 is 0 Å². The molecule has 0 spiro atoms. The molecule has 1 heterocycles. The predicted octanol–water partition coefficient (Wildman–Crippen LogP) is 5.53. The molecule has 4 nitrogen and oxygen atoms in total. The summed E-state index contributed by atoms with van der Waals surface area (Å²) in [6.07, 6.45) is 0. The third-order valence-electron chi connectivity index (χ3n) is 4.43. The molecule has 0 aliphatic heterocycles. The molecule has 0 aliphatic carbocycles. The van der Waals surface area contributed by atoms with E-state index in [0.717, 1.165) is 25.3 Å². The van der Waals surface area contributed by atoms with E-state index in [1.807, 2.05) is 67.6 Å². The van der Waals surface area contributed by atoms with Crippen LogP contribution in [0.2, 0.25) is 0 Å². The minimum Gasteiger partial charge on any atom is -0.199 e. The molecule has 0 radical (unpaired) electrons. The maximum atomic E-state index is 13.3. The van der Waals surface area contributed by atoms with Crippen molar-refractivity contribution < 1.29 is 8.42 Å². The lowest BCUT2D eigenvalue weighted by Crippen LogP contribution is -2.16. The lowest BCUT2D eigenvalue weighted by atomic mass is 10.1. The standard InChI is InChI=1S/C22H17BrN2O2S/c1-16-7-13-20(14-8-16)28(26,27)25-22(18-5-3-2-4-6-18)15-21(24-25)17-9-11-19(23)12-10-17/h2-15H,1H3. The van der Waals surface area contributed by atoms with Gasteiger partial charge in [-0.05, 0) is 37.3 Å². The Morgan fingerprint density at radius 2 is 1.46 bits per heavy atom. The zero-order chi connectivity index (χ0) is 19.7. The highest BCUT2D eigenvalue weighted by molar-refractivity contribution is 9.10. The Morgan fingerprint density at radius 3 is 2.11 bits per heavy atom. The minimum atomic E-state index is -3.83. The highest BCUT2D eigenvalue weighted by atomic mass is 79.9. The first-order valence-electron chi connectivity index (χ1n) is 8.69. The van der Waals surface area contributed by atoms with Gasteiger partial charge in [0.2, 0.25) is 0 Å². The van der Waals surface area contributed by atoms with Gasteiger partial charge in [0.15, 0.2) is 0 Å².